The number of aryl methyl sites for hydroxylation is 1. The summed E-state index contributed by atoms with van der Waals surface area (Å²) in [6.07, 6.45) is 8.40. The van der Waals surface area contributed by atoms with Gasteiger partial charge in [-0.2, -0.15) is 0 Å². The van der Waals surface area contributed by atoms with Crippen molar-refractivity contribution in [1.29, 1.82) is 0 Å². The number of halogens is 2. The summed E-state index contributed by atoms with van der Waals surface area (Å²) in [5.74, 6) is 3.88. The van der Waals surface area contributed by atoms with Crippen molar-refractivity contribution >= 4 is 47.4 Å². The van der Waals surface area contributed by atoms with E-state index in [2.05, 4.69) is 40.3 Å². The second-order valence-corrected chi connectivity index (χ2v) is 8.04. The van der Waals surface area contributed by atoms with E-state index in [4.69, 9.17) is 11.6 Å². The van der Waals surface area contributed by atoms with Crippen LogP contribution in [0.2, 0.25) is 5.02 Å². The van der Waals surface area contributed by atoms with E-state index in [0.717, 1.165) is 68.9 Å². The van der Waals surface area contributed by atoms with E-state index < -0.39 is 0 Å². The minimum atomic E-state index is 0. The molecule has 0 aliphatic carbocycles. The molecule has 2 aliphatic heterocycles. The van der Waals surface area contributed by atoms with Crippen LogP contribution in [0.5, 0.6) is 0 Å². The molecule has 0 amide bonds. The second-order valence-electron chi connectivity index (χ2n) is 7.63. The molecule has 10 heteroatoms. The van der Waals surface area contributed by atoms with Crippen molar-refractivity contribution in [3.8, 4) is 0 Å². The molecule has 1 saturated heterocycles. The number of hydrogen-bond donors (Lipinski definition) is 2. The van der Waals surface area contributed by atoms with Gasteiger partial charge in [0.1, 0.15) is 17.5 Å². The molecule has 0 bridgehead atoms. The Morgan fingerprint density at radius 3 is 3.00 bits per heavy atom. The average Bonchev–Trinajstić information content (AvgIpc) is 3.27. The number of guanidine groups is 1. The Morgan fingerprint density at radius 2 is 2.17 bits per heavy atom. The van der Waals surface area contributed by atoms with Crippen LogP contribution in [-0.2, 0) is 19.4 Å². The van der Waals surface area contributed by atoms with Gasteiger partial charge in [0.05, 0.1) is 5.02 Å². The Hall–Kier alpha value is -1.62. The number of aliphatic imine (C=N–C) groups is 1. The maximum Gasteiger partial charge on any atom is 0.191 e. The maximum atomic E-state index is 6.29. The number of nitrogens with zero attached hydrogens (tertiary/aromatic N) is 6. The zero-order chi connectivity index (χ0) is 20.1. The largest absolute Gasteiger partial charge is 0.356 e. The van der Waals surface area contributed by atoms with Gasteiger partial charge in [0, 0.05) is 58.3 Å². The molecule has 1 atom stereocenters. The molecule has 2 aromatic rings. The van der Waals surface area contributed by atoms with Crippen molar-refractivity contribution in [1.82, 2.24) is 30.4 Å². The Balaban J connectivity index is 0.00000256. The van der Waals surface area contributed by atoms with Crippen molar-refractivity contribution in [2.24, 2.45) is 4.99 Å². The zero-order valence-electron chi connectivity index (χ0n) is 17.3. The van der Waals surface area contributed by atoms with Crippen LogP contribution in [0.1, 0.15) is 37.3 Å². The molecule has 2 aliphatic rings. The van der Waals surface area contributed by atoms with Crippen molar-refractivity contribution in [2.75, 3.05) is 31.6 Å². The Kier molecular flexibility index (Phi) is 8.55. The number of rotatable bonds is 5. The van der Waals surface area contributed by atoms with E-state index in [1.807, 2.05) is 12.1 Å². The lowest BCUT2D eigenvalue weighted by atomic mass is 10.2. The molecule has 2 N–H and O–H groups in total. The third kappa shape index (κ3) is 5.54. The summed E-state index contributed by atoms with van der Waals surface area (Å²) >= 11 is 6.29. The fourth-order valence-corrected chi connectivity index (χ4v) is 4.33. The lowest BCUT2D eigenvalue weighted by molar-refractivity contribution is 0.597. The molecule has 0 radical (unpaired) electrons. The molecule has 164 valence electrons. The molecule has 8 nitrogen and oxygen atoms in total. The van der Waals surface area contributed by atoms with Crippen molar-refractivity contribution in [2.45, 2.75) is 51.1 Å². The third-order valence-electron chi connectivity index (χ3n) is 5.62. The number of aromatic nitrogens is 4. The van der Waals surface area contributed by atoms with Crippen LogP contribution in [0.4, 0.5) is 5.82 Å². The molecular formula is C20H30ClIN8. The highest BCUT2D eigenvalue weighted by molar-refractivity contribution is 14.0. The molecule has 0 aromatic carbocycles. The molecule has 1 fully saturated rings. The summed E-state index contributed by atoms with van der Waals surface area (Å²) in [5.41, 5.74) is 0. The number of pyridine rings is 1. The van der Waals surface area contributed by atoms with Gasteiger partial charge in [-0.05, 0) is 31.4 Å². The summed E-state index contributed by atoms with van der Waals surface area (Å²) in [6, 6.07) is 4.05. The van der Waals surface area contributed by atoms with E-state index in [1.165, 1.54) is 19.3 Å². The van der Waals surface area contributed by atoms with Crippen LogP contribution in [0, 0.1) is 0 Å². The van der Waals surface area contributed by atoms with Gasteiger partial charge in [-0.15, -0.1) is 34.2 Å². The highest BCUT2D eigenvalue weighted by atomic mass is 127. The van der Waals surface area contributed by atoms with E-state index in [-0.39, 0.29) is 24.0 Å². The summed E-state index contributed by atoms with van der Waals surface area (Å²) in [6.45, 7) is 3.60. The normalized spacial score (nSPS) is 19.1. The van der Waals surface area contributed by atoms with Gasteiger partial charge in [0.15, 0.2) is 5.96 Å². The van der Waals surface area contributed by atoms with Gasteiger partial charge in [-0.3, -0.25) is 4.99 Å². The minimum Gasteiger partial charge on any atom is -0.356 e. The molecular weight excluding hydrogens is 515 g/mol. The first-order valence-electron chi connectivity index (χ1n) is 10.5. The molecule has 0 spiro atoms. The fourth-order valence-electron chi connectivity index (χ4n) is 4.09. The highest BCUT2D eigenvalue weighted by Gasteiger charge is 2.25. The predicted octanol–water partition coefficient (Wildman–Crippen LogP) is 2.66. The fraction of sp³-hybridized carbons (Fsp3) is 0.600. The number of anilines is 1. The van der Waals surface area contributed by atoms with Crippen LogP contribution < -0.4 is 15.5 Å². The molecule has 0 saturated carbocycles. The van der Waals surface area contributed by atoms with Gasteiger partial charge in [-0.25, -0.2) is 4.98 Å². The lowest BCUT2D eigenvalue weighted by Crippen LogP contribution is -2.45. The predicted molar refractivity (Wildman–Crippen MR) is 131 cm³/mol. The topological polar surface area (TPSA) is 83.3 Å². The van der Waals surface area contributed by atoms with E-state index in [9.17, 15) is 0 Å². The number of nitrogens with one attached hydrogen (secondary N) is 2. The SMILES string of the molecule is CN=C(NCCc1nnc2n1CCCCC2)NC1CCN(c2ncccc2Cl)C1.I. The average molecular weight is 545 g/mol. The van der Waals surface area contributed by atoms with Crippen LogP contribution in [-0.4, -0.2) is 58.4 Å². The van der Waals surface area contributed by atoms with Crippen LogP contribution in [0.3, 0.4) is 0 Å². The summed E-state index contributed by atoms with van der Waals surface area (Å²) in [5, 5.41) is 16.4. The summed E-state index contributed by atoms with van der Waals surface area (Å²) in [7, 11) is 1.81. The smallest absolute Gasteiger partial charge is 0.191 e. The monoisotopic (exact) mass is 544 g/mol. The Morgan fingerprint density at radius 1 is 1.27 bits per heavy atom. The molecule has 30 heavy (non-hydrogen) atoms. The lowest BCUT2D eigenvalue weighted by Gasteiger charge is -2.20. The standard InChI is InChI=1S/C20H29ClN8.HI/c1-22-20(24-11-8-18-27-26-17-7-3-2-4-12-29(17)18)25-15-9-13-28(14-15)19-16(21)6-5-10-23-19;/h5-6,10,15H,2-4,7-9,11-14H2,1H3,(H2,22,24,25);1H. The van der Waals surface area contributed by atoms with Crippen molar-refractivity contribution in [3.05, 3.63) is 35.0 Å². The van der Waals surface area contributed by atoms with Crippen LogP contribution >= 0.6 is 35.6 Å². The summed E-state index contributed by atoms with van der Waals surface area (Å²) < 4.78 is 2.30. The Labute approximate surface area is 199 Å². The molecule has 1 unspecified atom stereocenters. The van der Waals surface area contributed by atoms with Gasteiger partial charge in [-0.1, -0.05) is 18.0 Å². The zero-order valence-corrected chi connectivity index (χ0v) is 20.4. The van der Waals surface area contributed by atoms with Gasteiger partial charge >= 0.3 is 0 Å². The van der Waals surface area contributed by atoms with Crippen molar-refractivity contribution in [3.63, 3.8) is 0 Å². The Bertz CT molecular complexity index is 855. The number of hydrogen-bond acceptors (Lipinski definition) is 5. The van der Waals surface area contributed by atoms with E-state index >= 15 is 0 Å². The third-order valence-corrected chi connectivity index (χ3v) is 5.91. The van der Waals surface area contributed by atoms with E-state index in [0.29, 0.717) is 11.1 Å². The molecule has 4 heterocycles. The first kappa shape index (κ1) is 23.1. The highest BCUT2D eigenvalue weighted by Crippen LogP contribution is 2.25. The first-order valence-corrected chi connectivity index (χ1v) is 10.9. The van der Waals surface area contributed by atoms with E-state index in [1.54, 1.807) is 13.2 Å². The maximum absolute atomic E-state index is 6.29. The van der Waals surface area contributed by atoms with Gasteiger partial charge < -0.3 is 20.1 Å². The van der Waals surface area contributed by atoms with Crippen LogP contribution in [0.15, 0.2) is 23.3 Å². The minimum absolute atomic E-state index is 0. The summed E-state index contributed by atoms with van der Waals surface area (Å²) in [4.78, 5) is 11.0. The second kappa shape index (κ2) is 11.1. The van der Waals surface area contributed by atoms with Crippen LogP contribution in [0.25, 0.3) is 0 Å². The van der Waals surface area contributed by atoms with Gasteiger partial charge in [0.25, 0.3) is 0 Å². The van der Waals surface area contributed by atoms with Gasteiger partial charge in [0.2, 0.25) is 0 Å². The molecule has 4 rings (SSSR count). The first-order chi connectivity index (χ1) is 14.2. The molecule has 2 aromatic heterocycles. The van der Waals surface area contributed by atoms with Crippen molar-refractivity contribution < 1.29 is 0 Å². The quantitative estimate of drug-likeness (QED) is 0.342. The number of fused-ring (bicyclic) bond motifs is 1.